The first-order valence-electron chi connectivity index (χ1n) is 10.1. The third kappa shape index (κ3) is 4.36. The molecule has 4 rings (SSSR count). The lowest BCUT2D eigenvalue weighted by atomic mass is 10.4. The quantitative estimate of drug-likeness (QED) is 0.359. The van der Waals surface area contributed by atoms with E-state index in [0.29, 0.717) is 6.35 Å². The van der Waals surface area contributed by atoms with E-state index in [1.165, 1.54) is 0 Å². The van der Waals surface area contributed by atoms with Crippen LogP contribution in [0.3, 0.4) is 0 Å². The number of hydrogen-bond acceptors (Lipinski definition) is 2. The van der Waals surface area contributed by atoms with Crippen LogP contribution in [0.2, 0.25) is 0 Å². The van der Waals surface area contributed by atoms with Crippen LogP contribution in [0.1, 0.15) is 0 Å². The molecule has 3 nitrogen and oxygen atoms in total. The summed E-state index contributed by atoms with van der Waals surface area (Å²) in [7, 11) is -4.14. The third-order valence-electron chi connectivity index (χ3n) is 5.17. The summed E-state index contributed by atoms with van der Waals surface area (Å²) in [6.07, 6.45) is 0.380. The maximum atomic E-state index is 14.9. The number of methoxy groups -OCH3 is 1. The molecule has 0 unspecified atom stereocenters. The molecule has 0 spiro atoms. The first-order valence-corrected chi connectivity index (χ1v) is 13.7. The molecule has 0 fully saturated rings. The van der Waals surface area contributed by atoms with Gasteiger partial charge in [0.2, 0.25) is 7.29 Å². The Balaban J connectivity index is 2.12. The van der Waals surface area contributed by atoms with E-state index in [1.807, 2.05) is 97.1 Å². The number of ether oxygens (including phenoxy) is 1. The molecule has 31 heavy (non-hydrogen) atoms. The molecule has 0 amide bonds. The number of benzene rings is 4. The highest BCUT2D eigenvalue weighted by atomic mass is 31.2. The first-order chi connectivity index (χ1) is 15.2. The van der Waals surface area contributed by atoms with Gasteiger partial charge in [-0.05, 0) is 34.9 Å². The Labute approximate surface area is 184 Å². The second kappa shape index (κ2) is 9.62. The standard InChI is InChI=1S/C26H25NO2P2/c1-29-22-30(23-14-6-2-7-15-23,24-16-8-3-9-17-24)27-31(28,25-18-10-4-11-19-25)26-20-12-5-13-21-26/h2-21H,22H2,1H3. The summed E-state index contributed by atoms with van der Waals surface area (Å²) in [5.74, 6) is 0. The van der Waals surface area contributed by atoms with E-state index < -0.39 is 14.3 Å². The minimum atomic E-state index is -3.31. The maximum Gasteiger partial charge on any atom is 0.246 e. The number of rotatable bonds is 7. The summed E-state index contributed by atoms with van der Waals surface area (Å²) in [4.78, 5) is 0. The molecule has 0 atom stereocenters. The molecule has 0 saturated carbocycles. The molecule has 0 heterocycles. The fourth-order valence-corrected chi connectivity index (χ4v) is 11.0. The van der Waals surface area contributed by atoms with Gasteiger partial charge in [-0.1, -0.05) is 97.1 Å². The summed E-state index contributed by atoms with van der Waals surface area (Å²) in [5.41, 5.74) is 0. The number of nitrogens with zero attached hydrogens (tertiary/aromatic N) is 1. The van der Waals surface area contributed by atoms with Gasteiger partial charge in [-0.15, -0.1) is 0 Å². The fourth-order valence-electron chi connectivity index (χ4n) is 3.69. The van der Waals surface area contributed by atoms with Crippen LogP contribution in [0.25, 0.3) is 0 Å². The zero-order valence-corrected chi connectivity index (χ0v) is 19.2. The molecule has 0 aliphatic heterocycles. The van der Waals surface area contributed by atoms with Crippen molar-refractivity contribution in [3.63, 3.8) is 0 Å². The Kier molecular flexibility index (Phi) is 6.68. The molecule has 0 aliphatic rings. The summed E-state index contributed by atoms with van der Waals surface area (Å²) in [6.45, 7) is 0. The van der Waals surface area contributed by atoms with Crippen LogP contribution in [-0.4, -0.2) is 13.5 Å². The van der Waals surface area contributed by atoms with E-state index in [-0.39, 0.29) is 0 Å². The summed E-state index contributed by atoms with van der Waals surface area (Å²) < 4.78 is 26.0. The van der Waals surface area contributed by atoms with Crippen molar-refractivity contribution >= 4 is 35.6 Å². The van der Waals surface area contributed by atoms with Crippen LogP contribution in [-0.2, 0) is 9.30 Å². The Hall–Kier alpha value is -2.70. The van der Waals surface area contributed by atoms with Crippen LogP contribution in [0, 0.1) is 0 Å². The topological polar surface area (TPSA) is 38.7 Å². The minimum Gasteiger partial charge on any atom is -0.378 e. The van der Waals surface area contributed by atoms with E-state index in [1.54, 1.807) is 7.11 Å². The van der Waals surface area contributed by atoms with Gasteiger partial charge >= 0.3 is 0 Å². The second-order valence-corrected chi connectivity index (χ2v) is 12.9. The minimum absolute atomic E-state index is 0.380. The highest BCUT2D eigenvalue weighted by Crippen LogP contribution is 2.59. The van der Waals surface area contributed by atoms with Gasteiger partial charge in [0, 0.05) is 17.7 Å². The van der Waals surface area contributed by atoms with Crippen molar-refractivity contribution in [2.75, 3.05) is 13.5 Å². The average Bonchev–Trinajstić information content (AvgIpc) is 2.86. The molecule has 0 aromatic heterocycles. The van der Waals surface area contributed by atoms with Crippen LogP contribution in [0.5, 0.6) is 0 Å². The van der Waals surface area contributed by atoms with E-state index in [0.717, 1.165) is 21.2 Å². The predicted molar refractivity (Wildman–Crippen MR) is 133 cm³/mol. The van der Waals surface area contributed by atoms with Gasteiger partial charge < -0.3 is 4.74 Å². The van der Waals surface area contributed by atoms with Gasteiger partial charge in [-0.2, -0.15) is 0 Å². The van der Waals surface area contributed by atoms with E-state index in [9.17, 15) is 4.57 Å². The third-order valence-corrected chi connectivity index (χ3v) is 12.3. The SMILES string of the molecule is COCP(=NP(=O)(c1ccccc1)c1ccccc1)(c1ccccc1)c1ccccc1. The highest BCUT2D eigenvalue weighted by Gasteiger charge is 2.34. The molecule has 4 aromatic carbocycles. The molecule has 0 radical (unpaired) electrons. The van der Waals surface area contributed by atoms with Gasteiger partial charge in [0.15, 0.2) is 0 Å². The monoisotopic (exact) mass is 445 g/mol. The molecule has 4 aromatic rings. The average molecular weight is 445 g/mol. The Morgan fingerprint density at radius 1 is 0.581 bits per heavy atom. The zero-order valence-electron chi connectivity index (χ0n) is 17.4. The van der Waals surface area contributed by atoms with E-state index in [4.69, 9.17) is 9.25 Å². The van der Waals surface area contributed by atoms with Gasteiger partial charge in [0.05, 0.1) is 13.4 Å². The lowest BCUT2D eigenvalue weighted by Gasteiger charge is -2.28. The summed E-state index contributed by atoms with van der Waals surface area (Å²) in [6, 6.07) is 39.5. The molecule has 0 aliphatic carbocycles. The van der Waals surface area contributed by atoms with Crippen LogP contribution < -0.4 is 21.2 Å². The van der Waals surface area contributed by atoms with Gasteiger partial charge in [0.25, 0.3) is 0 Å². The van der Waals surface area contributed by atoms with E-state index in [2.05, 4.69) is 24.3 Å². The zero-order chi connectivity index (χ0) is 21.6. The van der Waals surface area contributed by atoms with Crippen molar-refractivity contribution in [2.24, 2.45) is 4.52 Å². The molecular formula is C26H25NO2P2. The van der Waals surface area contributed by atoms with Gasteiger partial charge in [0.1, 0.15) is 0 Å². The van der Waals surface area contributed by atoms with Gasteiger partial charge in [-0.3, -0.25) is 4.57 Å². The Bertz CT molecular complexity index is 1120. The molecule has 0 bridgehead atoms. The molecule has 0 N–H and O–H groups in total. The summed E-state index contributed by atoms with van der Waals surface area (Å²) >= 11 is 0. The lowest BCUT2D eigenvalue weighted by Crippen LogP contribution is -2.22. The fraction of sp³-hybridized carbons (Fsp3) is 0.0769. The van der Waals surface area contributed by atoms with Gasteiger partial charge in [-0.25, -0.2) is 4.52 Å². The van der Waals surface area contributed by atoms with Crippen LogP contribution in [0.15, 0.2) is 126 Å². The predicted octanol–water partition coefficient (Wildman–Crippen LogP) is 5.37. The van der Waals surface area contributed by atoms with Crippen molar-refractivity contribution in [2.45, 2.75) is 0 Å². The van der Waals surface area contributed by atoms with Crippen molar-refractivity contribution < 1.29 is 9.30 Å². The normalized spacial score (nSPS) is 11.8. The molecule has 156 valence electrons. The molecule has 0 saturated heterocycles. The molecule has 5 heteroatoms. The van der Waals surface area contributed by atoms with Crippen molar-refractivity contribution in [3.8, 4) is 0 Å². The van der Waals surface area contributed by atoms with E-state index >= 15 is 0 Å². The van der Waals surface area contributed by atoms with Crippen molar-refractivity contribution in [1.29, 1.82) is 0 Å². The van der Waals surface area contributed by atoms with Crippen LogP contribution in [0.4, 0.5) is 0 Å². The first kappa shape index (κ1) is 21.5. The smallest absolute Gasteiger partial charge is 0.246 e. The largest absolute Gasteiger partial charge is 0.378 e. The maximum absolute atomic E-state index is 14.9. The highest BCUT2D eigenvalue weighted by molar-refractivity contribution is 7.89. The Morgan fingerprint density at radius 3 is 1.23 bits per heavy atom. The lowest BCUT2D eigenvalue weighted by molar-refractivity contribution is 0.255. The van der Waals surface area contributed by atoms with Crippen molar-refractivity contribution in [1.82, 2.24) is 0 Å². The second-order valence-electron chi connectivity index (χ2n) is 7.19. The summed E-state index contributed by atoms with van der Waals surface area (Å²) in [5, 5.41) is 3.56. The molecular weight excluding hydrogens is 420 g/mol. The number of hydrogen-bond donors (Lipinski definition) is 0. The Morgan fingerprint density at radius 2 is 0.903 bits per heavy atom. The van der Waals surface area contributed by atoms with Crippen molar-refractivity contribution in [3.05, 3.63) is 121 Å². The van der Waals surface area contributed by atoms with Crippen LogP contribution >= 0.6 is 14.3 Å².